The highest BCUT2D eigenvalue weighted by Gasteiger charge is 2.08. The van der Waals surface area contributed by atoms with Crippen LogP contribution in [0.25, 0.3) is 0 Å². The van der Waals surface area contributed by atoms with Gasteiger partial charge >= 0.3 is 0 Å². The van der Waals surface area contributed by atoms with Crippen LogP contribution in [-0.4, -0.2) is 11.1 Å². The van der Waals surface area contributed by atoms with E-state index in [0.717, 1.165) is 4.90 Å². The van der Waals surface area contributed by atoms with E-state index in [1.807, 2.05) is 5.38 Å². The van der Waals surface area contributed by atoms with E-state index >= 15 is 0 Å². The van der Waals surface area contributed by atoms with Crippen molar-refractivity contribution in [2.24, 2.45) is 0 Å². The highest BCUT2D eigenvalue weighted by Crippen LogP contribution is 2.17. The number of rotatable bonds is 3. The number of amides is 1. The predicted molar refractivity (Wildman–Crippen MR) is 59.2 cm³/mol. The molecule has 0 bridgehead atoms. The van der Waals surface area contributed by atoms with Crippen LogP contribution >= 0.6 is 24.0 Å². The van der Waals surface area contributed by atoms with Crippen molar-refractivity contribution in [3.63, 3.8) is 0 Å². The third-order valence-corrected chi connectivity index (χ3v) is 3.09. The Bertz CT molecular complexity index is 450. The molecule has 6 heteroatoms. The Hall–Kier alpha value is -1.27. The second-order valence-corrected chi connectivity index (χ2v) is 4.26. The van der Waals surface area contributed by atoms with E-state index in [0.29, 0.717) is 17.2 Å². The number of hydrogen-bond acceptors (Lipinski definition) is 5. The number of nitrogens with one attached hydrogen (secondary N) is 1. The summed E-state index contributed by atoms with van der Waals surface area (Å²) >= 11 is 5.49. The van der Waals surface area contributed by atoms with Crippen molar-refractivity contribution in [3.05, 3.63) is 34.3 Å². The molecule has 2 heterocycles. The van der Waals surface area contributed by atoms with Gasteiger partial charge in [0.05, 0.1) is 17.6 Å². The van der Waals surface area contributed by atoms with Crippen LogP contribution in [0.1, 0.15) is 15.4 Å². The average molecular weight is 240 g/mol. The van der Waals surface area contributed by atoms with Crippen molar-refractivity contribution in [3.8, 4) is 0 Å². The minimum absolute atomic E-state index is 0.128. The lowest BCUT2D eigenvalue weighted by Crippen LogP contribution is -2.21. The fourth-order valence-corrected chi connectivity index (χ4v) is 2.10. The van der Waals surface area contributed by atoms with E-state index in [9.17, 15) is 4.79 Å². The van der Waals surface area contributed by atoms with Gasteiger partial charge in [0.15, 0.2) is 5.76 Å². The number of carbonyl (C=O) groups excluding carboxylic acids is 1. The summed E-state index contributed by atoms with van der Waals surface area (Å²) in [4.78, 5) is 13.0. The average Bonchev–Trinajstić information content (AvgIpc) is 2.84. The van der Waals surface area contributed by atoms with Crippen LogP contribution in [0.5, 0.6) is 0 Å². The monoisotopic (exact) mass is 240 g/mol. The molecule has 1 amide bonds. The van der Waals surface area contributed by atoms with Crippen molar-refractivity contribution in [2.45, 2.75) is 11.4 Å². The summed E-state index contributed by atoms with van der Waals surface area (Å²) in [6.45, 7) is 0.346. The Kier molecular flexibility index (Phi) is 3.08. The third kappa shape index (κ3) is 2.60. The molecule has 0 spiro atoms. The molecule has 0 aliphatic rings. The molecule has 0 aliphatic heterocycles. The van der Waals surface area contributed by atoms with Gasteiger partial charge < -0.3 is 9.84 Å². The zero-order valence-electron chi connectivity index (χ0n) is 7.64. The summed E-state index contributed by atoms with van der Waals surface area (Å²) in [5.41, 5.74) is 0. The van der Waals surface area contributed by atoms with Crippen LogP contribution in [0.2, 0.25) is 0 Å². The first-order valence-corrected chi connectivity index (χ1v) is 5.53. The molecular formula is C9H8N2O2S2. The highest BCUT2D eigenvalue weighted by atomic mass is 32.1. The molecule has 0 fully saturated rings. The molecule has 2 rings (SSSR count). The predicted octanol–water partition coefficient (Wildman–Crippen LogP) is 1.95. The molecule has 0 aromatic carbocycles. The molecule has 15 heavy (non-hydrogen) atoms. The van der Waals surface area contributed by atoms with Crippen LogP contribution in [0.4, 0.5) is 0 Å². The smallest absolute Gasteiger partial charge is 0.261 e. The van der Waals surface area contributed by atoms with Gasteiger partial charge in [-0.3, -0.25) is 4.79 Å². The highest BCUT2D eigenvalue weighted by molar-refractivity contribution is 7.80. The molecular weight excluding hydrogens is 232 g/mol. The molecule has 0 radical (unpaired) electrons. The van der Waals surface area contributed by atoms with Crippen molar-refractivity contribution in [1.29, 1.82) is 0 Å². The largest absolute Gasteiger partial charge is 0.360 e. The van der Waals surface area contributed by atoms with Gasteiger partial charge in [-0.2, -0.15) is 0 Å². The number of carbonyl (C=O) groups is 1. The van der Waals surface area contributed by atoms with Gasteiger partial charge in [-0.1, -0.05) is 5.16 Å². The maximum absolute atomic E-state index is 11.6. The van der Waals surface area contributed by atoms with Crippen molar-refractivity contribution < 1.29 is 9.32 Å². The fourth-order valence-electron chi connectivity index (χ4n) is 1.03. The molecule has 0 atom stereocenters. The molecule has 78 valence electrons. The van der Waals surface area contributed by atoms with Crippen molar-refractivity contribution in [1.82, 2.24) is 10.5 Å². The van der Waals surface area contributed by atoms with Crippen LogP contribution < -0.4 is 5.32 Å². The second-order valence-electron chi connectivity index (χ2n) is 2.83. The Morgan fingerprint density at radius 2 is 2.53 bits per heavy atom. The number of aromatic nitrogens is 1. The lowest BCUT2D eigenvalue weighted by molar-refractivity contribution is 0.0951. The van der Waals surface area contributed by atoms with Crippen molar-refractivity contribution in [2.75, 3.05) is 0 Å². The van der Waals surface area contributed by atoms with Gasteiger partial charge in [-0.15, -0.1) is 24.0 Å². The van der Waals surface area contributed by atoms with E-state index < -0.39 is 0 Å². The Balaban J connectivity index is 1.93. The lowest BCUT2D eigenvalue weighted by atomic mass is 10.4. The molecule has 0 unspecified atom stereocenters. The first kappa shape index (κ1) is 10.3. The molecule has 0 saturated heterocycles. The Morgan fingerprint density at radius 1 is 1.67 bits per heavy atom. The van der Waals surface area contributed by atoms with Gasteiger partial charge in [-0.25, -0.2) is 0 Å². The summed E-state index contributed by atoms with van der Waals surface area (Å²) in [6, 6.07) is 3.43. The van der Waals surface area contributed by atoms with E-state index in [4.69, 9.17) is 4.52 Å². The fraction of sp³-hybridized carbons (Fsp3) is 0.111. The van der Waals surface area contributed by atoms with Crippen LogP contribution in [-0.2, 0) is 6.54 Å². The first-order valence-electron chi connectivity index (χ1n) is 4.21. The van der Waals surface area contributed by atoms with Gasteiger partial charge in [0.2, 0.25) is 0 Å². The second kappa shape index (κ2) is 4.50. The zero-order valence-corrected chi connectivity index (χ0v) is 9.35. The molecule has 1 N–H and O–H groups in total. The standard InChI is InChI=1S/C9H8N2O2S2/c12-9(8-3-7(14)5-15-8)10-4-6-1-2-11-13-6/h1-3,5,14H,4H2,(H,10,12). The number of hydrogen-bond donors (Lipinski definition) is 2. The summed E-state index contributed by atoms with van der Waals surface area (Å²) in [6.07, 6.45) is 1.54. The Labute approximate surface area is 95.7 Å². The number of thiol groups is 1. The molecule has 2 aromatic rings. The van der Waals surface area contributed by atoms with E-state index in [-0.39, 0.29) is 5.91 Å². The number of nitrogens with zero attached hydrogens (tertiary/aromatic N) is 1. The SMILES string of the molecule is O=C(NCc1ccno1)c1cc(S)cs1. The summed E-state index contributed by atoms with van der Waals surface area (Å²) in [7, 11) is 0. The lowest BCUT2D eigenvalue weighted by Gasteiger charge is -1.98. The van der Waals surface area contributed by atoms with E-state index in [2.05, 4.69) is 23.1 Å². The quantitative estimate of drug-likeness (QED) is 0.806. The van der Waals surface area contributed by atoms with Gasteiger partial charge in [0, 0.05) is 16.3 Å². The van der Waals surface area contributed by atoms with Crippen LogP contribution in [0.3, 0.4) is 0 Å². The third-order valence-electron chi connectivity index (χ3n) is 1.72. The topological polar surface area (TPSA) is 55.1 Å². The van der Waals surface area contributed by atoms with Crippen LogP contribution in [0.15, 0.2) is 33.1 Å². The van der Waals surface area contributed by atoms with E-state index in [1.54, 1.807) is 18.3 Å². The van der Waals surface area contributed by atoms with Crippen LogP contribution in [0, 0.1) is 0 Å². The maximum atomic E-state index is 11.6. The van der Waals surface area contributed by atoms with E-state index in [1.165, 1.54) is 11.3 Å². The molecule has 2 aromatic heterocycles. The Morgan fingerprint density at radius 3 is 3.13 bits per heavy atom. The number of thiophene rings is 1. The normalized spacial score (nSPS) is 10.2. The summed E-state index contributed by atoms with van der Waals surface area (Å²) < 4.78 is 4.85. The van der Waals surface area contributed by atoms with Gasteiger partial charge in [0.25, 0.3) is 5.91 Å². The summed E-state index contributed by atoms with van der Waals surface area (Å²) in [5.74, 6) is 0.503. The van der Waals surface area contributed by atoms with Gasteiger partial charge in [-0.05, 0) is 6.07 Å². The van der Waals surface area contributed by atoms with Gasteiger partial charge in [0.1, 0.15) is 0 Å². The minimum atomic E-state index is -0.128. The van der Waals surface area contributed by atoms with Crippen molar-refractivity contribution >= 4 is 29.9 Å². The minimum Gasteiger partial charge on any atom is -0.360 e. The zero-order chi connectivity index (χ0) is 10.7. The molecule has 4 nitrogen and oxygen atoms in total. The first-order chi connectivity index (χ1) is 7.25. The summed E-state index contributed by atoms with van der Waals surface area (Å²) in [5, 5.41) is 8.07. The molecule has 0 aliphatic carbocycles. The maximum Gasteiger partial charge on any atom is 0.261 e. The molecule has 0 saturated carbocycles.